The summed E-state index contributed by atoms with van der Waals surface area (Å²) in [5, 5.41) is 0.776. The zero-order valence-corrected chi connectivity index (χ0v) is 11.4. The van der Waals surface area contributed by atoms with Crippen LogP contribution < -0.4 is 0 Å². The number of aromatic nitrogens is 2. The molecule has 0 unspecified atom stereocenters. The molecule has 1 N–H and O–H groups in total. The van der Waals surface area contributed by atoms with Crippen LogP contribution in [0.25, 0.3) is 11.0 Å². The molecule has 1 aromatic heterocycles. The maximum Gasteiger partial charge on any atom is 0.178 e. The van der Waals surface area contributed by atoms with E-state index >= 15 is 0 Å². The minimum absolute atomic E-state index is 0.395. The molecule has 0 amide bonds. The Morgan fingerprint density at radius 1 is 1.47 bits per heavy atom. The molecule has 0 bridgehead atoms. The van der Waals surface area contributed by atoms with Crippen LogP contribution in [0, 0.1) is 10.2 Å². The molecule has 0 saturated heterocycles. The van der Waals surface area contributed by atoms with Gasteiger partial charge >= 0.3 is 0 Å². The lowest BCUT2D eigenvalue weighted by atomic mass is 9.70. The van der Waals surface area contributed by atoms with Gasteiger partial charge in [0.25, 0.3) is 0 Å². The summed E-state index contributed by atoms with van der Waals surface area (Å²) in [7, 11) is 0. The summed E-state index contributed by atoms with van der Waals surface area (Å²) >= 11 is 11.7. The van der Waals surface area contributed by atoms with Gasteiger partial charge in [-0.2, -0.15) is 0 Å². The monoisotopic (exact) mass is 266 g/mol. The lowest BCUT2D eigenvalue weighted by Crippen LogP contribution is -2.30. The first-order valence-electron chi connectivity index (χ1n) is 5.96. The number of hydrogen-bond acceptors (Lipinski definition) is 1. The molecule has 1 saturated carbocycles. The van der Waals surface area contributed by atoms with E-state index in [0.717, 1.165) is 27.4 Å². The molecule has 1 aliphatic carbocycles. The summed E-state index contributed by atoms with van der Waals surface area (Å²) < 4.78 is 2.94. The van der Waals surface area contributed by atoms with Crippen molar-refractivity contribution in [2.24, 2.45) is 5.41 Å². The second-order valence-corrected chi connectivity index (χ2v) is 6.11. The molecule has 1 aromatic carbocycles. The Balaban J connectivity index is 2.15. The molecule has 1 heterocycles. The van der Waals surface area contributed by atoms with Crippen LogP contribution in [0.4, 0.5) is 0 Å². The predicted molar refractivity (Wildman–Crippen MR) is 74.1 cm³/mol. The average Bonchev–Trinajstić information content (AvgIpc) is 2.54. The van der Waals surface area contributed by atoms with Crippen molar-refractivity contribution < 1.29 is 0 Å². The smallest absolute Gasteiger partial charge is 0.178 e. The number of nitrogens with zero attached hydrogens (tertiary/aromatic N) is 1. The summed E-state index contributed by atoms with van der Waals surface area (Å²) in [5.74, 6) is 0. The van der Waals surface area contributed by atoms with E-state index in [4.69, 9.17) is 23.8 Å². The molecule has 2 aromatic rings. The van der Waals surface area contributed by atoms with Crippen LogP contribution in [0.5, 0.6) is 0 Å². The van der Waals surface area contributed by atoms with Gasteiger partial charge in [0.05, 0.1) is 16.1 Å². The predicted octanol–water partition coefficient (Wildman–Crippen LogP) is 4.54. The first-order valence-corrected chi connectivity index (χ1v) is 6.75. The first-order chi connectivity index (χ1) is 8.09. The molecule has 0 radical (unpaired) electrons. The Labute approximate surface area is 111 Å². The van der Waals surface area contributed by atoms with Crippen molar-refractivity contribution in [2.45, 2.75) is 32.7 Å². The fourth-order valence-corrected chi connectivity index (χ4v) is 3.19. The van der Waals surface area contributed by atoms with E-state index < -0.39 is 0 Å². The van der Waals surface area contributed by atoms with E-state index in [9.17, 15) is 0 Å². The highest BCUT2D eigenvalue weighted by atomic mass is 35.5. The fraction of sp³-hybridized carbons (Fsp3) is 0.462. The lowest BCUT2D eigenvalue weighted by Gasteiger charge is -2.38. The van der Waals surface area contributed by atoms with Gasteiger partial charge in [-0.3, -0.25) is 0 Å². The Morgan fingerprint density at radius 2 is 2.24 bits per heavy atom. The van der Waals surface area contributed by atoms with Crippen molar-refractivity contribution in [1.82, 2.24) is 9.55 Å². The standard InChI is InChI=1S/C13H15ClN2S/c1-13(6-3-7-13)8-16-11-9(14)4-2-5-10(11)15-12(16)17/h2,4-5H,3,6-8H2,1H3,(H,15,17). The van der Waals surface area contributed by atoms with Crippen molar-refractivity contribution in [3.05, 3.63) is 28.0 Å². The van der Waals surface area contributed by atoms with Gasteiger partial charge in [0.15, 0.2) is 4.77 Å². The molecular weight excluding hydrogens is 252 g/mol. The van der Waals surface area contributed by atoms with Crippen molar-refractivity contribution in [2.75, 3.05) is 0 Å². The number of benzene rings is 1. The fourth-order valence-electron chi connectivity index (χ4n) is 2.65. The van der Waals surface area contributed by atoms with Gasteiger partial charge in [-0.1, -0.05) is 31.0 Å². The summed E-state index contributed by atoms with van der Waals surface area (Å²) in [5.41, 5.74) is 2.48. The number of halogens is 1. The maximum atomic E-state index is 6.28. The van der Waals surface area contributed by atoms with E-state index in [1.165, 1.54) is 19.3 Å². The number of rotatable bonds is 2. The van der Waals surface area contributed by atoms with Gasteiger partial charge in [-0.25, -0.2) is 0 Å². The van der Waals surface area contributed by atoms with Crippen LogP contribution in [-0.4, -0.2) is 9.55 Å². The second-order valence-electron chi connectivity index (χ2n) is 5.32. The molecule has 2 nitrogen and oxygen atoms in total. The largest absolute Gasteiger partial charge is 0.331 e. The number of fused-ring (bicyclic) bond motifs is 1. The average molecular weight is 267 g/mol. The molecule has 0 atom stereocenters. The molecule has 0 aliphatic heterocycles. The number of imidazole rings is 1. The van der Waals surface area contributed by atoms with E-state index in [1.54, 1.807) is 0 Å². The molecule has 4 heteroatoms. The van der Waals surface area contributed by atoms with Crippen LogP contribution in [0.1, 0.15) is 26.2 Å². The molecule has 90 valence electrons. The quantitative estimate of drug-likeness (QED) is 0.792. The summed E-state index contributed by atoms with van der Waals surface area (Å²) in [4.78, 5) is 3.23. The number of hydrogen-bond donors (Lipinski definition) is 1. The topological polar surface area (TPSA) is 20.7 Å². The highest BCUT2D eigenvalue weighted by Gasteiger charge is 2.32. The molecule has 1 fully saturated rings. The summed E-state index contributed by atoms with van der Waals surface area (Å²) in [6.07, 6.45) is 3.90. The molecule has 17 heavy (non-hydrogen) atoms. The van der Waals surface area contributed by atoms with E-state index in [2.05, 4.69) is 16.5 Å². The van der Waals surface area contributed by atoms with Gasteiger partial charge in [0.2, 0.25) is 0 Å². The molecule has 0 spiro atoms. The highest BCUT2D eigenvalue weighted by molar-refractivity contribution is 7.71. The van der Waals surface area contributed by atoms with Gasteiger partial charge in [-0.15, -0.1) is 0 Å². The lowest BCUT2D eigenvalue weighted by molar-refractivity contribution is 0.133. The van der Waals surface area contributed by atoms with Gasteiger partial charge in [0.1, 0.15) is 0 Å². The third-order valence-electron chi connectivity index (χ3n) is 3.84. The van der Waals surface area contributed by atoms with E-state index in [-0.39, 0.29) is 0 Å². The normalized spacial score (nSPS) is 18.2. The van der Waals surface area contributed by atoms with Crippen molar-refractivity contribution in [1.29, 1.82) is 0 Å². The molecule has 1 aliphatic rings. The molecule has 3 rings (SSSR count). The van der Waals surface area contributed by atoms with Gasteiger partial charge in [0, 0.05) is 6.54 Å². The summed E-state index contributed by atoms with van der Waals surface area (Å²) in [6, 6.07) is 5.90. The number of H-pyrrole nitrogens is 1. The number of para-hydroxylation sites is 1. The Hall–Kier alpha value is -0.800. The van der Waals surface area contributed by atoms with Gasteiger partial charge < -0.3 is 9.55 Å². The Morgan fingerprint density at radius 3 is 2.88 bits per heavy atom. The maximum absolute atomic E-state index is 6.28. The Bertz CT molecular complexity index is 622. The van der Waals surface area contributed by atoms with Crippen LogP contribution in [-0.2, 0) is 6.54 Å². The highest BCUT2D eigenvalue weighted by Crippen LogP contribution is 2.42. The number of aromatic amines is 1. The van der Waals surface area contributed by atoms with Gasteiger partial charge in [-0.05, 0) is 42.6 Å². The van der Waals surface area contributed by atoms with Crippen molar-refractivity contribution in [3.63, 3.8) is 0 Å². The number of nitrogens with one attached hydrogen (secondary N) is 1. The summed E-state index contributed by atoms with van der Waals surface area (Å²) in [6.45, 7) is 3.30. The molecular formula is C13H15ClN2S. The minimum Gasteiger partial charge on any atom is -0.331 e. The first kappa shape index (κ1) is 11.3. The van der Waals surface area contributed by atoms with E-state index in [1.807, 2.05) is 18.2 Å². The Kier molecular flexibility index (Phi) is 2.56. The third kappa shape index (κ3) is 1.81. The van der Waals surface area contributed by atoms with Crippen molar-refractivity contribution in [3.8, 4) is 0 Å². The van der Waals surface area contributed by atoms with Crippen molar-refractivity contribution >= 4 is 34.9 Å². The van der Waals surface area contributed by atoms with Crippen LogP contribution in [0.3, 0.4) is 0 Å². The zero-order chi connectivity index (χ0) is 12.0. The van der Waals surface area contributed by atoms with Crippen LogP contribution in [0.15, 0.2) is 18.2 Å². The van der Waals surface area contributed by atoms with Crippen LogP contribution >= 0.6 is 23.8 Å². The van der Waals surface area contributed by atoms with E-state index in [0.29, 0.717) is 5.41 Å². The third-order valence-corrected chi connectivity index (χ3v) is 4.47. The zero-order valence-electron chi connectivity index (χ0n) is 9.79. The SMILES string of the molecule is CC1(Cn2c(=S)[nH]c3cccc(Cl)c32)CCC1. The minimum atomic E-state index is 0.395. The van der Waals surface area contributed by atoms with Crippen LogP contribution in [0.2, 0.25) is 5.02 Å². The second kappa shape index (κ2) is 3.85.